The molecule has 0 aromatic carbocycles. The summed E-state index contributed by atoms with van der Waals surface area (Å²) < 4.78 is 6.96. The van der Waals surface area contributed by atoms with Gasteiger partial charge >= 0.3 is 0 Å². The van der Waals surface area contributed by atoms with Gasteiger partial charge in [0.25, 0.3) is 5.56 Å². The zero-order valence-electron chi connectivity index (χ0n) is 16.6. The van der Waals surface area contributed by atoms with E-state index in [9.17, 15) is 4.79 Å². The Hall–Kier alpha value is -2.58. The molecule has 3 aromatic heterocycles. The molecular weight excluding hydrogens is 356 g/mol. The van der Waals surface area contributed by atoms with Crippen LogP contribution in [0.1, 0.15) is 42.7 Å². The Balaban J connectivity index is 1.37. The van der Waals surface area contributed by atoms with E-state index in [4.69, 9.17) is 9.51 Å². The largest absolute Gasteiger partial charge is 0.338 e. The molecule has 8 heteroatoms. The third-order valence-corrected chi connectivity index (χ3v) is 5.15. The van der Waals surface area contributed by atoms with Gasteiger partial charge in [0.2, 0.25) is 5.89 Å². The molecule has 0 N–H and O–H groups in total. The number of aromatic nitrogens is 4. The van der Waals surface area contributed by atoms with Crippen LogP contribution < -0.4 is 5.56 Å². The molecule has 0 spiro atoms. The number of aryl methyl sites for hydroxylation is 1. The van der Waals surface area contributed by atoms with Crippen molar-refractivity contribution in [2.45, 2.75) is 39.8 Å². The molecule has 0 amide bonds. The maximum absolute atomic E-state index is 12.4. The first-order valence-corrected chi connectivity index (χ1v) is 9.74. The third kappa shape index (κ3) is 3.98. The number of hydrogen-bond acceptors (Lipinski definition) is 7. The summed E-state index contributed by atoms with van der Waals surface area (Å²) >= 11 is 0. The van der Waals surface area contributed by atoms with Gasteiger partial charge in [0.15, 0.2) is 5.82 Å². The molecule has 0 atom stereocenters. The second-order valence-electron chi connectivity index (χ2n) is 7.72. The van der Waals surface area contributed by atoms with Gasteiger partial charge in [0.1, 0.15) is 5.65 Å². The van der Waals surface area contributed by atoms with E-state index in [1.807, 2.05) is 19.1 Å². The Labute approximate surface area is 163 Å². The number of nitrogens with zero attached hydrogens (tertiary/aromatic N) is 6. The molecule has 148 valence electrons. The van der Waals surface area contributed by atoms with E-state index < -0.39 is 0 Å². The van der Waals surface area contributed by atoms with Gasteiger partial charge < -0.3 is 4.52 Å². The fraction of sp³-hybridized carbons (Fsp3) is 0.500. The van der Waals surface area contributed by atoms with E-state index in [0.717, 1.165) is 48.9 Å². The van der Waals surface area contributed by atoms with Crippen LogP contribution >= 0.6 is 0 Å². The average Bonchev–Trinajstić information content (AvgIpc) is 3.13. The lowest BCUT2D eigenvalue weighted by atomic mass is 10.2. The predicted octanol–water partition coefficient (Wildman–Crippen LogP) is 1.83. The van der Waals surface area contributed by atoms with Crippen LogP contribution in [0.2, 0.25) is 0 Å². The summed E-state index contributed by atoms with van der Waals surface area (Å²) in [6.45, 7) is 11.1. The van der Waals surface area contributed by atoms with E-state index in [0.29, 0.717) is 19.0 Å². The van der Waals surface area contributed by atoms with Crippen molar-refractivity contribution in [2.75, 3.05) is 26.2 Å². The van der Waals surface area contributed by atoms with Crippen LogP contribution in [0.3, 0.4) is 0 Å². The standard InChI is InChI=1S/C20H26N6O2/c1-14(2)19-22-17(28-23-19)13-25-9-7-24(8-10-25)12-16-11-18(27)26-6-4-5-15(3)20(26)21-16/h4-6,11,14H,7-10,12-13H2,1-3H3. The lowest BCUT2D eigenvalue weighted by Gasteiger charge is -2.33. The van der Waals surface area contributed by atoms with Gasteiger partial charge in [-0.1, -0.05) is 25.1 Å². The normalized spacial score (nSPS) is 16.3. The second kappa shape index (κ2) is 7.81. The highest BCUT2D eigenvalue weighted by Crippen LogP contribution is 2.13. The highest BCUT2D eigenvalue weighted by molar-refractivity contribution is 5.46. The minimum atomic E-state index is -0.0281. The van der Waals surface area contributed by atoms with Crippen molar-refractivity contribution in [1.29, 1.82) is 0 Å². The van der Waals surface area contributed by atoms with Crippen LogP contribution in [0.25, 0.3) is 5.65 Å². The van der Waals surface area contributed by atoms with Crippen molar-refractivity contribution in [1.82, 2.24) is 29.3 Å². The first kappa shape index (κ1) is 18.8. The van der Waals surface area contributed by atoms with E-state index in [1.165, 1.54) is 0 Å². The lowest BCUT2D eigenvalue weighted by molar-refractivity contribution is 0.111. The molecule has 1 aliphatic rings. The third-order valence-electron chi connectivity index (χ3n) is 5.15. The van der Waals surface area contributed by atoms with Crippen LogP contribution in [0.5, 0.6) is 0 Å². The monoisotopic (exact) mass is 382 g/mol. The summed E-state index contributed by atoms with van der Waals surface area (Å²) in [6.07, 6.45) is 1.77. The average molecular weight is 382 g/mol. The fourth-order valence-corrected chi connectivity index (χ4v) is 3.48. The van der Waals surface area contributed by atoms with Crippen LogP contribution in [0.4, 0.5) is 0 Å². The van der Waals surface area contributed by atoms with Crippen molar-refractivity contribution in [3.05, 3.63) is 57.7 Å². The number of hydrogen-bond donors (Lipinski definition) is 0. The van der Waals surface area contributed by atoms with Crippen LogP contribution in [-0.4, -0.2) is 55.5 Å². The maximum atomic E-state index is 12.4. The van der Waals surface area contributed by atoms with Gasteiger partial charge in [0.05, 0.1) is 12.2 Å². The van der Waals surface area contributed by atoms with Gasteiger partial charge in [-0.2, -0.15) is 4.98 Å². The molecule has 3 aromatic rings. The molecule has 4 heterocycles. The summed E-state index contributed by atoms with van der Waals surface area (Å²) in [5.41, 5.74) is 2.54. The number of rotatable bonds is 5. The van der Waals surface area contributed by atoms with Crippen LogP contribution in [0.15, 0.2) is 33.7 Å². The first-order valence-electron chi connectivity index (χ1n) is 9.74. The topological polar surface area (TPSA) is 79.8 Å². The van der Waals surface area contributed by atoms with Gasteiger partial charge in [-0.3, -0.25) is 19.0 Å². The zero-order valence-corrected chi connectivity index (χ0v) is 16.6. The predicted molar refractivity (Wildman–Crippen MR) is 105 cm³/mol. The van der Waals surface area contributed by atoms with Crippen molar-refractivity contribution in [3.63, 3.8) is 0 Å². The van der Waals surface area contributed by atoms with Crippen molar-refractivity contribution >= 4 is 5.65 Å². The van der Waals surface area contributed by atoms with Crippen molar-refractivity contribution in [3.8, 4) is 0 Å². The Bertz CT molecular complexity index is 1020. The minimum absolute atomic E-state index is 0.0281. The maximum Gasteiger partial charge on any atom is 0.258 e. The summed E-state index contributed by atoms with van der Waals surface area (Å²) in [5, 5.41) is 4.03. The fourth-order valence-electron chi connectivity index (χ4n) is 3.48. The molecule has 1 saturated heterocycles. The number of pyridine rings is 1. The lowest BCUT2D eigenvalue weighted by Crippen LogP contribution is -2.45. The second-order valence-corrected chi connectivity index (χ2v) is 7.72. The summed E-state index contributed by atoms with van der Waals surface area (Å²) in [6, 6.07) is 5.50. The van der Waals surface area contributed by atoms with Gasteiger partial charge in [-0.15, -0.1) is 0 Å². The highest BCUT2D eigenvalue weighted by atomic mass is 16.5. The Morgan fingerprint density at radius 3 is 2.50 bits per heavy atom. The number of piperazine rings is 1. The molecule has 0 saturated carbocycles. The molecule has 28 heavy (non-hydrogen) atoms. The van der Waals surface area contributed by atoms with Gasteiger partial charge in [-0.25, -0.2) is 4.98 Å². The Morgan fingerprint density at radius 2 is 1.82 bits per heavy atom. The molecule has 0 aliphatic carbocycles. The van der Waals surface area contributed by atoms with Gasteiger partial charge in [0, 0.05) is 50.9 Å². The van der Waals surface area contributed by atoms with E-state index >= 15 is 0 Å². The molecule has 0 bridgehead atoms. The summed E-state index contributed by atoms with van der Waals surface area (Å²) in [5.74, 6) is 1.71. The molecule has 1 aliphatic heterocycles. The minimum Gasteiger partial charge on any atom is -0.338 e. The van der Waals surface area contributed by atoms with E-state index in [2.05, 4.69) is 33.8 Å². The molecular formula is C20H26N6O2. The quantitative estimate of drug-likeness (QED) is 0.666. The Morgan fingerprint density at radius 1 is 1.11 bits per heavy atom. The van der Waals surface area contributed by atoms with Crippen molar-refractivity contribution in [2.24, 2.45) is 0 Å². The van der Waals surface area contributed by atoms with E-state index in [1.54, 1.807) is 16.7 Å². The number of fused-ring (bicyclic) bond motifs is 1. The van der Waals surface area contributed by atoms with Crippen LogP contribution in [0, 0.1) is 6.92 Å². The first-order chi connectivity index (χ1) is 13.5. The molecule has 0 radical (unpaired) electrons. The summed E-state index contributed by atoms with van der Waals surface area (Å²) in [4.78, 5) is 26.2. The van der Waals surface area contributed by atoms with E-state index in [-0.39, 0.29) is 11.5 Å². The van der Waals surface area contributed by atoms with Crippen molar-refractivity contribution < 1.29 is 4.52 Å². The summed E-state index contributed by atoms with van der Waals surface area (Å²) in [7, 11) is 0. The smallest absolute Gasteiger partial charge is 0.258 e. The molecule has 8 nitrogen and oxygen atoms in total. The van der Waals surface area contributed by atoms with Gasteiger partial charge in [-0.05, 0) is 18.6 Å². The SMILES string of the molecule is Cc1cccn2c(=O)cc(CN3CCN(Cc4nc(C(C)C)no4)CC3)nc12. The molecule has 4 rings (SSSR count). The highest BCUT2D eigenvalue weighted by Gasteiger charge is 2.20. The van der Waals surface area contributed by atoms with Crippen LogP contribution in [-0.2, 0) is 13.1 Å². The zero-order chi connectivity index (χ0) is 19.7. The Kier molecular flexibility index (Phi) is 5.23. The molecule has 1 fully saturated rings. The molecule has 0 unspecified atom stereocenters.